The number of hydrogen-bond donors (Lipinski definition) is 3. The van der Waals surface area contributed by atoms with Crippen molar-refractivity contribution < 1.29 is 33.7 Å². The number of nitrogens with zero attached hydrogens (tertiary/aromatic N) is 2. The van der Waals surface area contributed by atoms with Crippen LogP contribution in [0.3, 0.4) is 0 Å². The first-order valence-electron chi connectivity index (χ1n) is 14.9. The minimum atomic E-state index is -0.888. The Bertz CT molecular complexity index is 1200. The first-order chi connectivity index (χ1) is 21.0. The SMILES string of the molecule is Cc1ncsc1-c1ccc(CNC(=O)[C@@H]2C[C@@H](O)CN2C(=O)[C@@H](NC(=O)CCOCCOCCOCCBr)C(C)(C)C)cc1. The molecule has 3 N–H and O–H groups in total. The second kappa shape index (κ2) is 17.9. The highest BCUT2D eigenvalue weighted by atomic mass is 79.9. The average molecular weight is 698 g/mol. The molecule has 0 unspecified atom stereocenters. The standard InChI is InChI=1S/C31H45BrN4O7S/c1-21-27(44-20-34-21)23-7-5-22(6-8-23)18-33-29(39)25-17-24(37)19-36(25)30(40)28(31(2,3)4)35-26(38)9-11-41-13-15-43-16-14-42-12-10-32/h5-8,20,24-25,28,37H,9-19H2,1-4H3,(H,33,39)(H,35,38)/t24-,25+,28-/m1/s1. The lowest BCUT2D eigenvalue weighted by Gasteiger charge is -2.35. The third kappa shape index (κ3) is 11.2. The van der Waals surface area contributed by atoms with Crippen LogP contribution in [0.5, 0.6) is 0 Å². The van der Waals surface area contributed by atoms with Gasteiger partial charge < -0.3 is 34.9 Å². The number of benzene rings is 1. The summed E-state index contributed by atoms with van der Waals surface area (Å²) in [7, 11) is 0. The molecule has 0 bridgehead atoms. The molecule has 3 rings (SSSR count). The number of β-amino-alcohol motifs (C(OH)–C–C–N with tert-alkyl or cyclic N) is 1. The molecule has 11 nitrogen and oxygen atoms in total. The van der Waals surface area contributed by atoms with Gasteiger partial charge in [0.15, 0.2) is 0 Å². The van der Waals surface area contributed by atoms with Crippen LogP contribution < -0.4 is 10.6 Å². The van der Waals surface area contributed by atoms with Gasteiger partial charge in [0.2, 0.25) is 17.7 Å². The summed E-state index contributed by atoms with van der Waals surface area (Å²) < 4.78 is 16.2. The first-order valence-corrected chi connectivity index (χ1v) is 16.9. The summed E-state index contributed by atoms with van der Waals surface area (Å²) in [4.78, 5) is 46.5. The molecule has 0 spiro atoms. The predicted octanol–water partition coefficient (Wildman–Crippen LogP) is 3.06. The van der Waals surface area contributed by atoms with Crippen LogP contribution in [0.15, 0.2) is 29.8 Å². The van der Waals surface area contributed by atoms with E-state index in [9.17, 15) is 19.5 Å². The van der Waals surface area contributed by atoms with Crippen molar-refractivity contribution in [2.75, 3.05) is 51.5 Å². The maximum atomic E-state index is 13.7. The molecule has 2 aromatic rings. The topological polar surface area (TPSA) is 139 Å². The van der Waals surface area contributed by atoms with E-state index in [1.807, 2.05) is 57.5 Å². The Balaban J connectivity index is 1.49. The van der Waals surface area contributed by atoms with Crippen LogP contribution in [-0.2, 0) is 35.1 Å². The lowest BCUT2D eigenvalue weighted by Crippen LogP contribution is -2.57. The van der Waals surface area contributed by atoms with Crippen molar-refractivity contribution in [3.8, 4) is 10.4 Å². The molecule has 2 heterocycles. The first kappa shape index (κ1) is 36.1. The van der Waals surface area contributed by atoms with Gasteiger partial charge >= 0.3 is 0 Å². The number of aliphatic hydroxyl groups excluding tert-OH is 1. The number of hydrogen-bond acceptors (Lipinski definition) is 9. The number of carbonyl (C=O) groups is 3. The molecular weight excluding hydrogens is 652 g/mol. The molecule has 1 aromatic heterocycles. The van der Waals surface area contributed by atoms with Crippen molar-refractivity contribution in [2.45, 2.75) is 65.3 Å². The van der Waals surface area contributed by atoms with Gasteiger partial charge in [-0.1, -0.05) is 61.0 Å². The normalized spacial score (nSPS) is 17.5. The van der Waals surface area contributed by atoms with Gasteiger partial charge in [0, 0.05) is 31.3 Å². The van der Waals surface area contributed by atoms with Crippen molar-refractivity contribution >= 4 is 45.0 Å². The lowest BCUT2D eigenvalue weighted by molar-refractivity contribution is -0.144. The van der Waals surface area contributed by atoms with Crippen LogP contribution in [0, 0.1) is 12.3 Å². The van der Waals surface area contributed by atoms with Crippen molar-refractivity contribution in [1.29, 1.82) is 0 Å². The average Bonchev–Trinajstić information content (AvgIpc) is 3.60. The Morgan fingerprint density at radius 2 is 1.70 bits per heavy atom. The van der Waals surface area contributed by atoms with E-state index in [1.165, 1.54) is 4.90 Å². The molecule has 44 heavy (non-hydrogen) atoms. The van der Waals surface area contributed by atoms with Crippen molar-refractivity contribution in [1.82, 2.24) is 20.5 Å². The third-order valence-electron chi connectivity index (χ3n) is 7.15. The van der Waals surface area contributed by atoms with E-state index in [2.05, 4.69) is 31.5 Å². The summed E-state index contributed by atoms with van der Waals surface area (Å²) in [6.45, 7) is 10.3. The number of carbonyl (C=O) groups excluding carboxylic acids is 3. The summed E-state index contributed by atoms with van der Waals surface area (Å²) in [6, 6.07) is 6.16. The highest BCUT2D eigenvalue weighted by molar-refractivity contribution is 9.09. The van der Waals surface area contributed by atoms with Gasteiger partial charge in [-0.25, -0.2) is 4.98 Å². The molecule has 1 fully saturated rings. The highest BCUT2D eigenvalue weighted by Gasteiger charge is 2.44. The van der Waals surface area contributed by atoms with E-state index in [0.717, 1.165) is 27.0 Å². The van der Waals surface area contributed by atoms with Crippen LogP contribution in [0.2, 0.25) is 0 Å². The smallest absolute Gasteiger partial charge is 0.246 e. The molecule has 1 aliphatic heterocycles. The molecule has 1 aromatic carbocycles. The Morgan fingerprint density at radius 1 is 1.07 bits per heavy atom. The van der Waals surface area contributed by atoms with Crippen LogP contribution in [0.1, 0.15) is 44.9 Å². The fraction of sp³-hybridized carbons (Fsp3) is 0.613. The van der Waals surface area contributed by atoms with E-state index in [1.54, 1.807) is 11.3 Å². The minimum absolute atomic E-state index is 0.0204. The predicted molar refractivity (Wildman–Crippen MR) is 173 cm³/mol. The monoisotopic (exact) mass is 696 g/mol. The molecule has 244 valence electrons. The lowest BCUT2D eigenvalue weighted by atomic mass is 9.85. The number of ether oxygens (including phenoxy) is 3. The fourth-order valence-corrected chi connectivity index (χ4v) is 5.82. The number of thiazole rings is 1. The van der Waals surface area contributed by atoms with E-state index >= 15 is 0 Å². The zero-order chi connectivity index (χ0) is 32.1. The Kier molecular flexibility index (Phi) is 14.7. The molecule has 13 heteroatoms. The zero-order valence-corrected chi connectivity index (χ0v) is 28.4. The summed E-state index contributed by atoms with van der Waals surface area (Å²) in [6.07, 6.45) is -0.633. The molecule has 1 aliphatic rings. The van der Waals surface area contributed by atoms with Gasteiger partial charge in [0.25, 0.3) is 0 Å². The van der Waals surface area contributed by atoms with Crippen molar-refractivity contribution in [3.05, 3.63) is 41.0 Å². The minimum Gasteiger partial charge on any atom is -0.391 e. The quantitative estimate of drug-likeness (QED) is 0.170. The Labute approximate surface area is 272 Å². The second-order valence-corrected chi connectivity index (χ2v) is 13.4. The van der Waals surface area contributed by atoms with E-state index < -0.39 is 29.5 Å². The van der Waals surface area contributed by atoms with Gasteiger partial charge in [-0.05, 0) is 23.5 Å². The molecule has 0 radical (unpaired) electrons. The molecular formula is C31H45BrN4O7S. The van der Waals surface area contributed by atoms with E-state index in [-0.39, 0.29) is 44.4 Å². The molecule has 1 saturated heterocycles. The third-order valence-corrected chi connectivity index (χ3v) is 8.45. The summed E-state index contributed by atoms with van der Waals surface area (Å²) in [5.41, 5.74) is 4.13. The van der Waals surface area contributed by atoms with Gasteiger partial charge in [0.1, 0.15) is 12.1 Å². The van der Waals surface area contributed by atoms with Crippen LogP contribution in [-0.4, -0.2) is 102 Å². The molecule has 3 amide bonds. The summed E-state index contributed by atoms with van der Waals surface area (Å²) in [5, 5.41) is 17.0. The van der Waals surface area contributed by atoms with Crippen LogP contribution >= 0.6 is 27.3 Å². The molecule has 3 atom stereocenters. The summed E-state index contributed by atoms with van der Waals surface area (Å²) in [5.74, 6) is -1.08. The van der Waals surface area contributed by atoms with Crippen LogP contribution in [0.4, 0.5) is 0 Å². The number of rotatable bonds is 17. The number of alkyl halides is 1. The largest absolute Gasteiger partial charge is 0.391 e. The second-order valence-electron chi connectivity index (χ2n) is 11.7. The number of aryl methyl sites for hydroxylation is 1. The number of aromatic nitrogens is 1. The Morgan fingerprint density at radius 3 is 2.30 bits per heavy atom. The molecule has 0 saturated carbocycles. The maximum absolute atomic E-state index is 13.7. The van der Waals surface area contributed by atoms with E-state index in [0.29, 0.717) is 33.0 Å². The number of aliphatic hydroxyl groups is 1. The van der Waals surface area contributed by atoms with Gasteiger partial charge in [-0.3, -0.25) is 14.4 Å². The van der Waals surface area contributed by atoms with Gasteiger partial charge in [-0.2, -0.15) is 0 Å². The Hall–Kier alpha value is -2.42. The number of nitrogens with one attached hydrogen (secondary N) is 2. The van der Waals surface area contributed by atoms with Gasteiger partial charge in [-0.15, -0.1) is 11.3 Å². The van der Waals surface area contributed by atoms with Crippen LogP contribution in [0.25, 0.3) is 10.4 Å². The number of amides is 3. The number of likely N-dealkylation sites (tertiary alicyclic amines) is 1. The van der Waals surface area contributed by atoms with Gasteiger partial charge in [0.05, 0.1) is 61.8 Å². The zero-order valence-electron chi connectivity index (χ0n) is 26.0. The summed E-state index contributed by atoms with van der Waals surface area (Å²) >= 11 is 4.87. The van der Waals surface area contributed by atoms with Crippen molar-refractivity contribution in [3.63, 3.8) is 0 Å². The molecule has 0 aliphatic carbocycles. The maximum Gasteiger partial charge on any atom is 0.246 e. The number of halogens is 1. The fourth-order valence-electron chi connectivity index (χ4n) is 4.77. The van der Waals surface area contributed by atoms with E-state index in [4.69, 9.17) is 14.2 Å². The highest BCUT2D eigenvalue weighted by Crippen LogP contribution is 2.28. The van der Waals surface area contributed by atoms with Crippen molar-refractivity contribution in [2.24, 2.45) is 5.41 Å².